The Kier molecular flexibility index (Phi) is 2.43. The van der Waals surface area contributed by atoms with E-state index in [4.69, 9.17) is 5.11 Å². The standard InChI is InChI=1S/C16H16N2O3/c19-14(20)9-18-6-3-10-7-11(1-2-13(10)18)17-15(21)12-8-16(12)4-5-16/h1-3,6-7,12H,4-5,8-9H2,(H,17,21)(H,19,20). The van der Waals surface area contributed by atoms with Crippen molar-refractivity contribution in [1.29, 1.82) is 0 Å². The molecule has 1 heterocycles. The summed E-state index contributed by atoms with van der Waals surface area (Å²) in [6.45, 7) is -0.0558. The van der Waals surface area contributed by atoms with Crippen molar-refractivity contribution in [2.45, 2.75) is 25.8 Å². The maximum Gasteiger partial charge on any atom is 0.323 e. The predicted molar refractivity (Wildman–Crippen MR) is 78.0 cm³/mol. The van der Waals surface area contributed by atoms with Gasteiger partial charge in [-0.2, -0.15) is 0 Å². The Morgan fingerprint density at radius 2 is 2.14 bits per heavy atom. The van der Waals surface area contributed by atoms with Gasteiger partial charge in [0.15, 0.2) is 0 Å². The van der Waals surface area contributed by atoms with Crippen LogP contribution in [0, 0.1) is 11.3 Å². The lowest BCUT2D eigenvalue weighted by Crippen LogP contribution is -2.14. The van der Waals surface area contributed by atoms with Crippen LogP contribution in [0.25, 0.3) is 10.9 Å². The number of carboxylic acid groups (broad SMARTS) is 1. The summed E-state index contributed by atoms with van der Waals surface area (Å²) in [5.74, 6) is -0.546. The number of aromatic nitrogens is 1. The Morgan fingerprint density at radius 1 is 1.33 bits per heavy atom. The van der Waals surface area contributed by atoms with Crippen LogP contribution in [0.4, 0.5) is 5.69 Å². The van der Waals surface area contributed by atoms with Gasteiger partial charge in [-0.05, 0) is 48.9 Å². The molecule has 1 unspecified atom stereocenters. The number of benzene rings is 1. The number of hydrogen-bond acceptors (Lipinski definition) is 2. The quantitative estimate of drug-likeness (QED) is 0.906. The van der Waals surface area contributed by atoms with Crippen molar-refractivity contribution >= 4 is 28.5 Å². The van der Waals surface area contributed by atoms with Crippen LogP contribution in [0.2, 0.25) is 0 Å². The lowest BCUT2D eigenvalue weighted by molar-refractivity contribution is -0.137. The van der Waals surface area contributed by atoms with E-state index in [1.54, 1.807) is 10.8 Å². The van der Waals surface area contributed by atoms with Gasteiger partial charge in [0, 0.05) is 28.7 Å². The monoisotopic (exact) mass is 284 g/mol. The third-order valence-electron chi connectivity index (χ3n) is 4.74. The molecule has 0 saturated heterocycles. The van der Waals surface area contributed by atoms with Gasteiger partial charge >= 0.3 is 5.97 Å². The molecule has 2 aliphatic carbocycles. The highest BCUT2D eigenvalue weighted by atomic mass is 16.4. The minimum absolute atomic E-state index is 0.0558. The molecule has 5 nitrogen and oxygen atoms in total. The van der Waals surface area contributed by atoms with Gasteiger partial charge in [0.25, 0.3) is 0 Å². The normalized spacial score (nSPS) is 21.4. The Hall–Kier alpha value is -2.30. The third kappa shape index (κ3) is 2.09. The smallest absolute Gasteiger partial charge is 0.323 e. The van der Waals surface area contributed by atoms with Gasteiger partial charge in [0.1, 0.15) is 6.54 Å². The molecule has 2 N–H and O–H groups in total. The van der Waals surface area contributed by atoms with Gasteiger partial charge in [-0.3, -0.25) is 9.59 Å². The van der Waals surface area contributed by atoms with E-state index in [9.17, 15) is 9.59 Å². The topological polar surface area (TPSA) is 71.3 Å². The lowest BCUT2D eigenvalue weighted by atomic mass is 10.2. The highest BCUT2D eigenvalue weighted by molar-refractivity contribution is 5.97. The van der Waals surface area contributed by atoms with E-state index < -0.39 is 5.97 Å². The van der Waals surface area contributed by atoms with Crippen LogP contribution in [0.1, 0.15) is 19.3 Å². The molecule has 21 heavy (non-hydrogen) atoms. The number of hydrogen-bond donors (Lipinski definition) is 2. The Balaban J connectivity index is 1.54. The van der Waals surface area contributed by atoms with Crippen molar-refractivity contribution in [3.8, 4) is 0 Å². The molecule has 1 aromatic carbocycles. The van der Waals surface area contributed by atoms with Crippen molar-refractivity contribution in [1.82, 2.24) is 4.57 Å². The molecular formula is C16H16N2O3. The number of nitrogens with zero attached hydrogens (tertiary/aromatic N) is 1. The summed E-state index contributed by atoms with van der Waals surface area (Å²) in [5, 5.41) is 12.8. The van der Waals surface area contributed by atoms with E-state index in [0.717, 1.165) is 23.0 Å². The van der Waals surface area contributed by atoms with Gasteiger partial charge < -0.3 is 15.0 Å². The van der Waals surface area contributed by atoms with Crippen LogP contribution < -0.4 is 5.32 Å². The molecule has 1 atom stereocenters. The zero-order valence-electron chi connectivity index (χ0n) is 11.5. The second-order valence-corrected chi connectivity index (χ2v) is 6.22. The first-order valence-electron chi connectivity index (χ1n) is 7.19. The molecule has 4 rings (SSSR count). The summed E-state index contributed by atoms with van der Waals surface area (Å²) in [6, 6.07) is 7.45. The average molecular weight is 284 g/mol. The molecule has 2 saturated carbocycles. The number of fused-ring (bicyclic) bond motifs is 1. The van der Waals surface area contributed by atoms with Crippen molar-refractivity contribution in [3.05, 3.63) is 30.5 Å². The summed E-state index contributed by atoms with van der Waals surface area (Å²) in [7, 11) is 0. The number of anilines is 1. The van der Waals surface area contributed by atoms with E-state index in [2.05, 4.69) is 5.32 Å². The first-order chi connectivity index (χ1) is 10.1. The van der Waals surface area contributed by atoms with Crippen molar-refractivity contribution < 1.29 is 14.7 Å². The van der Waals surface area contributed by atoms with Crippen LogP contribution in [-0.2, 0) is 16.1 Å². The molecule has 5 heteroatoms. The van der Waals surface area contributed by atoms with Crippen LogP contribution in [0.15, 0.2) is 30.5 Å². The second-order valence-electron chi connectivity index (χ2n) is 6.22. The zero-order valence-corrected chi connectivity index (χ0v) is 11.5. The Labute approximate surface area is 121 Å². The molecule has 0 bridgehead atoms. The fraction of sp³-hybridized carbons (Fsp3) is 0.375. The average Bonchev–Trinajstić information content (AvgIpc) is 3.33. The number of rotatable bonds is 4. The molecule has 2 aliphatic rings. The first-order valence-corrected chi connectivity index (χ1v) is 7.19. The van der Waals surface area contributed by atoms with Crippen LogP contribution in [0.3, 0.4) is 0 Å². The minimum atomic E-state index is -0.867. The second kappa shape index (κ2) is 4.10. The highest BCUT2D eigenvalue weighted by Crippen LogP contribution is 2.70. The fourth-order valence-corrected chi connectivity index (χ4v) is 3.22. The SMILES string of the molecule is O=C(O)Cn1ccc2cc(NC(=O)C3CC34CC4)ccc21. The number of aliphatic carboxylic acids is 1. The number of carboxylic acids is 1. The van der Waals surface area contributed by atoms with Gasteiger partial charge in [0.2, 0.25) is 5.91 Å². The third-order valence-corrected chi connectivity index (χ3v) is 4.74. The predicted octanol–water partition coefficient (Wildman–Crippen LogP) is 2.46. The van der Waals surface area contributed by atoms with Crippen LogP contribution in [-0.4, -0.2) is 21.6 Å². The van der Waals surface area contributed by atoms with Crippen molar-refractivity contribution in [3.63, 3.8) is 0 Å². The largest absolute Gasteiger partial charge is 0.480 e. The van der Waals surface area contributed by atoms with Crippen molar-refractivity contribution in [2.24, 2.45) is 11.3 Å². The number of carbonyl (C=O) groups is 2. The Morgan fingerprint density at radius 3 is 2.81 bits per heavy atom. The number of nitrogens with one attached hydrogen (secondary N) is 1. The van der Waals surface area contributed by atoms with E-state index in [-0.39, 0.29) is 18.4 Å². The van der Waals surface area contributed by atoms with Crippen LogP contribution in [0.5, 0.6) is 0 Å². The summed E-state index contributed by atoms with van der Waals surface area (Å²) in [6.07, 6.45) is 5.19. The molecule has 1 amide bonds. The van der Waals surface area contributed by atoms with E-state index in [0.29, 0.717) is 5.41 Å². The van der Waals surface area contributed by atoms with Gasteiger partial charge in [-0.15, -0.1) is 0 Å². The fourth-order valence-electron chi connectivity index (χ4n) is 3.22. The summed E-state index contributed by atoms with van der Waals surface area (Å²) >= 11 is 0. The number of carbonyl (C=O) groups excluding carboxylic acids is 1. The number of amides is 1. The molecule has 0 radical (unpaired) electrons. The van der Waals surface area contributed by atoms with E-state index in [1.165, 1.54) is 12.8 Å². The summed E-state index contributed by atoms with van der Waals surface area (Å²) in [5.41, 5.74) is 2.00. The molecular weight excluding hydrogens is 268 g/mol. The molecule has 108 valence electrons. The van der Waals surface area contributed by atoms with Gasteiger partial charge in [-0.25, -0.2) is 0 Å². The van der Waals surface area contributed by atoms with E-state index in [1.807, 2.05) is 24.3 Å². The van der Waals surface area contributed by atoms with Crippen molar-refractivity contribution in [2.75, 3.05) is 5.32 Å². The maximum absolute atomic E-state index is 12.1. The van der Waals surface area contributed by atoms with E-state index >= 15 is 0 Å². The first kappa shape index (κ1) is 12.4. The summed E-state index contributed by atoms with van der Waals surface area (Å²) < 4.78 is 1.68. The molecule has 1 spiro atoms. The molecule has 1 aromatic heterocycles. The zero-order chi connectivity index (χ0) is 14.6. The van der Waals surface area contributed by atoms with Crippen LogP contribution >= 0.6 is 0 Å². The van der Waals surface area contributed by atoms with Gasteiger partial charge in [0.05, 0.1) is 0 Å². The lowest BCUT2D eigenvalue weighted by Gasteiger charge is -2.06. The molecule has 2 aromatic rings. The Bertz CT molecular complexity index is 758. The molecule has 2 fully saturated rings. The molecule has 0 aliphatic heterocycles. The summed E-state index contributed by atoms with van der Waals surface area (Å²) in [4.78, 5) is 22.9. The maximum atomic E-state index is 12.1. The highest BCUT2D eigenvalue weighted by Gasteiger charge is 2.65. The minimum Gasteiger partial charge on any atom is -0.480 e. The van der Waals surface area contributed by atoms with Gasteiger partial charge in [-0.1, -0.05) is 0 Å².